The lowest BCUT2D eigenvalue weighted by atomic mass is 9.72. The van der Waals surface area contributed by atoms with Gasteiger partial charge in [0.15, 0.2) is 0 Å². The maximum atomic E-state index is 14.8. The average Bonchev–Trinajstić information content (AvgIpc) is 2.48. The second-order valence-corrected chi connectivity index (χ2v) is 6.90. The highest BCUT2D eigenvalue weighted by atomic mass is 19.1. The Hall–Kier alpha value is -0.150. The van der Waals surface area contributed by atoms with Crippen LogP contribution in [0.25, 0.3) is 0 Å². The van der Waals surface area contributed by atoms with Gasteiger partial charge in [0.05, 0.1) is 5.60 Å². The third kappa shape index (κ3) is 3.13. The molecule has 1 aliphatic carbocycles. The molecule has 2 aliphatic heterocycles. The van der Waals surface area contributed by atoms with E-state index in [0.717, 1.165) is 45.4 Å². The summed E-state index contributed by atoms with van der Waals surface area (Å²) in [5, 5.41) is 3.35. The van der Waals surface area contributed by atoms with Gasteiger partial charge < -0.3 is 10.1 Å². The average molecular weight is 269 g/mol. The number of alkyl halides is 1. The van der Waals surface area contributed by atoms with Crippen LogP contribution in [0.5, 0.6) is 0 Å². The minimum absolute atomic E-state index is 0.0492. The van der Waals surface area contributed by atoms with E-state index in [1.54, 1.807) is 0 Å². The lowest BCUT2D eigenvalue weighted by Crippen LogP contribution is -2.46. The van der Waals surface area contributed by atoms with Crippen molar-refractivity contribution in [2.75, 3.05) is 19.7 Å². The summed E-state index contributed by atoms with van der Waals surface area (Å²) < 4.78 is 20.9. The molecule has 1 saturated carbocycles. The van der Waals surface area contributed by atoms with Crippen LogP contribution >= 0.6 is 0 Å². The molecule has 19 heavy (non-hydrogen) atoms. The molecule has 0 bridgehead atoms. The number of piperidine rings is 1. The number of rotatable bonds is 2. The van der Waals surface area contributed by atoms with Gasteiger partial charge in [0, 0.05) is 19.1 Å². The minimum Gasteiger partial charge on any atom is -0.375 e. The van der Waals surface area contributed by atoms with Crippen molar-refractivity contribution in [3.63, 3.8) is 0 Å². The van der Waals surface area contributed by atoms with Gasteiger partial charge >= 0.3 is 0 Å². The van der Waals surface area contributed by atoms with Crippen LogP contribution in [0.2, 0.25) is 0 Å². The Morgan fingerprint density at radius 1 is 1.05 bits per heavy atom. The Labute approximate surface area is 116 Å². The summed E-state index contributed by atoms with van der Waals surface area (Å²) in [7, 11) is 0. The molecule has 0 aromatic carbocycles. The van der Waals surface area contributed by atoms with E-state index in [4.69, 9.17) is 4.74 Å². The topological polar surface area (TPSA) is 21.3 Å². The van der Waals surface area contributed by atoms with Gasteiger partial charge in [-0.15, -0.1) is 0 Å². The van der Waals surface area contributed by atoms with Crippen molar-refractivity contribution in [2.24, 2.45) is 11.8 Å². The molecule has 3 rings (SSSR count). The summed E-state index contributed by atoms with van der Waals surface area (Å²) in [6.45, 7) is 2.73. The van der Waals surface area contributed by atoms with Crippen LogP contribution < -0.4 is 5.32 Å². The fourth-order valence-electron chi connectivity index (χ4n) is 4.42. The summed E-state index contributed by atoms with van der Waals surface area (Å²) >= 11 is 0. The summed E-state index contributed by atoms with van der Waals surface area (Å²) in [5.74, 6) is 0.495. The van der Waals surface area contributed by atoms with Crippen LogP contribution in [0.1, 0.15) is 57.8 Å². The van der Waals surface area contributed by atoms with Crippen molar-refractivity contribution in [1.29, 1.82) is 0 Å². The predicted molar refractivity (Wildman–Crippen MR) is 75.0 cm³/mol. The molecule has 1 N–H and O–H groups in total. The zero-order valence-corrected chi connectivity index (χ0v) is 12.0. The van der Waals surface area contributed by atoms with Crippen molar-refractivity contribution < 1.29 is 9.13 Å². The molecule has 110 valence electrons. The molecule has 3 atom stereocenters. The number of nitrogens with one attached hydrogen (secondary N) is 1. The molecule has 0 aromatic heterocycles. The molecule has 3 unspecified atom stereocenters. The zero-order valence-electron chi connectivity index (χ0n) is 12.0. The normalized spacial score (nSPS) is 37.1. The molecular weight excluding hydrogens is 241 g/mol. The summed E-state index contributed by atoms with van der Waals surface area (Å²) in [5.41, 5.74) is 0.0492. The van der Waals surface area contributed by atoms with E-state index in [1.165, 1.54) is 32.1 Å². The van der Waals surface area contributed by atoms with E-state index in [-0.39, 0.29) is 17.4 Å². The van der Waals surface area contributed by atoms with Gasteiger partial charge in [0.25, 0.3) is 0 Å². The van der Waals surface area contributed by atoms with Gasteiger partial charge in [-0.1, -0.05) is 19.3 Å². The van der Waals surface area contributed by atoms with Gasteiger partial charge in [0.1, 0.15) is 6.17 Å². The molecule has 0 aromatic rings. The monoisotopic (exact) mass is 269 g/mol. The van der Waals surface area contributed by atoms with Crippen LogP contribution in [0.15, 0.2) is 0 Å². The van der Waals surface area contributed by atoms with E-state index in [0.29, 0.717) is 0 Å². The highest BCUT2D eigenvalue weighted by molar-refractivity contribution is 4.93. The molecule has 3 aliphatic rings. The van der Waals surface area contributed by atoms with E-state index in [9.17, 15) is 4.39 Å². The lowest BCUT2D eigenvalue weighted by Gasteiger charge is -2.45. The SMILES string of the molecule is FC(C1CCCNC1)C1CCOC2(CCCCC2)C1. The van der Waals surface area contributed by atoms with Gasteiger partial charge in [0.2, 0.25) is 0 Å². The number of ether oxygens (including phenoxy) is 1. The second-order valence-electron chi connectivity index (χ2n) is 6.90. The first-order valence-corrected chi connectivity index (χ1v) is 8.28. The third-order valence-corrected chi connectivity index (χ3v) is 5.53. The van der Waals surface area contributed by atoms with E-state index in [2.05, 4.69) is 5.32 Å². The van der Waals surface area contributed by atoms with Crippen LogP contribution in [-0.4, -0.2) is 31.5 Å². The first kappa shape index (κ1) is 13.8. The highest BCUT2D eigenvalue weighted by Crippen LogP contribution is 2.43. The smallest absolute Gasteiger partial charge is 0.107 e. The maximum Gasteiger partial charge on any atom is 0.107 e. The Morgan fingerprint density at radius 2 is 1.89 bits per heavy atom. The molecular formula is C16H28FNO. The van der Waals surface area contributed by atoms with E-state index < -0.39 is 6.17 Å². The second kappa shape index (κ2) is 6.09. The zero-order chi connectivity index (χ0) is 13.1. The number of hydrogen-bond donors (Lipinski definition) is 1. The van der Waals surface area contributed by atoms with Crippen LogP contribution in [0.4, 0.5) is 4.39 Å². The van der Waals surface area contributed by atoms with Crippen LogP contribution in [0.3, 0.4) is 0 Å². The summed E-state index contributed by atoms with van der Waals surface area (Å²) in [4.78, 5) is 0. The fraction of sp³-hybridized carbons (Fsp3) is 1.00. The lowest BCUT2D eigenvalue weighted by molar-refractivity contribution is -0.131. The Bertz CT molecular complexity index is 279. The first-order chi connectivity index (χ1) is 9.29. The summed E-state index contributed by atoms with van der Waals surface area (Å²) in [6, 6.07) is 0. The Balaban J connectivity index is 1.60. The van der Waals surface area contributed by atoms with Crippen molar-refractivity contribution >= 4 is 0 Å². The van der Waals surface area contributed by atoms with Crippen molar-refractivity contribution in [1.82, 2.24) is 5.32 Å². The molecule has 0 radical (unpaired) electrons. The van der Waals surface area contributed by atoms with E-state index >= 15 is 0 Å². The fourth-order valence-corrected chi connectivity index (χ4v) is 4.42. The number of halogens is 1. The molecule has 1 spiro atoms. The third-order valence-electron chi connectivity index (χ3n) is 5.53. The van der Waals surface area contributed by atoms with Crippen molar-refractivity contribution in [2.45, 2.75) is 69.6 Å². The van der Waals surface area contributed by atoms with Crippen LogP contribution in [-0.2, 0) is 4.74 Å². The molecule has 2 saturated heterocycles. The quantitative estimate of drug-likeness (QED) is 0.829. The summed E-state index contributed by atoms with van der Waals surface area (Å²) in [6.07, 6.45) is 9.71. The highest BCUT2D eigenvalue weighted by Gasteiger charge is 2.42. The van der Waals surface area contributed by atoms with Gasteiger partial charge in [-0.25, -0.2) is 4.39 Å². The van der Waals surface area contributed by atoms with E-state index in [1.807, 2.05) is 0 Å². The molecule has 3 heteroatoms. The van der Waals surface area contributed by atoms with Gasteiger partial charge in [-0.2, -0.15) is 0 Å². The van der Waals surface area contributed by atoms with Gasteiger partial charge in [-0.05, 0) is 51.0 Å². The van der Waals surface area contributed by atoms with Gasteiger partial charge in [-0.3, -0.25) is 0 Å². The molecule has 3 fully saturated rings. The van der Waals surface area contributed by atoms with Crippen molar-refractivity contribution in [3.8, 4) is 0 Å². The molecule has 0 amide bonds. The predicted octanol–water partition coefficient (Wildman–Crippen LogP) is 3.45. The van der Waals surface area contributed by atoms with Crippen LogP contribution in [0, 0.1) is 11.8 Å². The Kier molecular flexibility index (Phi) is 4.43. The molecule has 2 heterocycles. The van der Waals surface area contributed by atoms with Crippen molar-refractivity contribution in [3.05, 3.63) is 0 Å². The first-order valence-electron chi connectivity index (χ1n) is 8.28. The minimum atomic E-state index is -0.615. The largest absolute Gasteiger partial charge is 0.375 e. The number of hydrogen-bond acceptors (Lipinski definition) is 2. The standard InChI is InChI=1S/C16H28FNO/c17-15(14-5-4-9-18-12-14)13-6-10-19-16(11-13)7-2-1-3-8-16/h13-15,18H,1-12H2. The Morgan fingerprint density at radius 3 is 2.63 bits per heavy atom. The maximum absolute atomic E-state index is 14.8. The molecule has 2 nitrogen and oxygen atoms in total.